The molecule has 0 radical (unpaired) electrons. The van der Waals surface area contributed by atoms with Gasteiger partial charge in [0.25, 0.3) is 10.0 Å². The molecule has 70 heavy (non-hydrogen) atoms. The molecule has 1 unspecified atom stereocenters. The fraction of sp³-hybridized carbons (Fsp3) is 0.729. The summed E-state index contributed by atoms with van der Waals surface area (Å²) in [5.41, 5.74) is 11.3. The van der Waals surface area contributed by atoms with Crippen molar-refractivity contribution in [3.63, 3.8) is 0 Å². The van der Waals surface area contributed by atoms with E-state index in [9.17, 15) is 42.0 Å². The number of sulfonamides is 1. The number of primary amides is 1. The molecule has 398 valence electrons. The third-order valence-corrected chi connectivity index (χ3v) is 14.6. The van der Waals surface area contributed by atoms with E-state index in [1.54, 1.807) is 30.7 Å². The minimum absolute atomic E-state index is 0.00467. The number of ether oxygens (including phenoxy) is 2. The number of nitrogens with zero attached hydrogens (tertiary/aromatic N) is 3. The Labute approximate surface area is 416 Å². The van der Waals surface area contributed by atoms with Gasteiger partial charge in [0.2, 0.25) is 35.4 Å². The maximum absolute atomic E-state index is 14.3. The molecule has 0 spiro atoms. The van der Waals surface area contributed by atoms with Crippen molar-refractivity contribution >= 4 is 57.2 Å². The molecule has 0 bridgehead atoms. The van der Waals surface area contributed by atoms with Gasteiger partial charge in [-0.1, -0.05) is 68.7 Å². The SMILES string of the molecule is CC[C@@H](C)[C@@H]([C@@H](CC(=O)N1CCCC1[C@H](OC)[C@@H](C)C(=O)NS(=O)(=O)c1ccc(NC(=O)[C@H](CCCNC(N)=O)NC(=O)[C@@H](N)C(C)C)cc1)OC)N(C)C(=O)[C@@H](NC(=O)[C@H](C(C)C)N(C)C)C(C)C. The number of carbonyl (C=O) groups is 7. The highest BCUT2D eigenvalue weighted by Gasteiger charge is 2.43. The summed E-state index contributed by atoms with van der Waals surface area (Å²) in [5, 5.41) is 10.7. The van der Waals surface area contributed by atoms with Crippen LogP contribution in [0.3, 0.4) is 0 Å². The van der Waals surface area contributed by atoms with Gasteiger partial charge in [0.15, 0.2) is 0 Å². The van der Waals surface area contributed by atoms with Gasteiger partial charge >= 0.3 is 6.03 Å². The summed E-state index contributed by atoms with van der Waals surface area (Å²) in [6.07, 6.45) is 0.401. The largest absolute Gasteiger partial charge is 0.379 e. The Morgan fingerprint density at radius 2 is 1.44 bits per heavy atom. The second-order valence-corrected chi connectivity index (χ2v) is 21.4. The van der Waals surface area contributed by atoms with Crippen LogP contribution in [-0.2, 0) is 48.3 Å². The number of methoxy groups -OCH3 is 2. The first kappa shape index (κ1) is 61.2. The predicted molar refractivity (Wildman–Crippen MR) is 267 cm³/mol. The van der Waals surface area contributed by atoms with Gasteiger partial charge in [-0.25, -0.2) is 17.9 Å². The highest BCUT2D eigenvalue weighted by molar-refractivity contribution is 7.90. The van der Waals surface area contributed by atoms with Gasteiger partial charge in [0, 0.05) is 40.0 Å². The molecule has 8 amide bonds. The van der Waals surface area contributed by atoms with Crippen LogP contribution < -0.4 is 37.5 Å². The van der Waals surface area contributed by atoms with Crippen LogP contribution >= 0.6 is 0 Å². The second-order valence-electron chi connectivity index (χ2n) is 19.7. The van der Waals surface area contributed by atoms with Crippen LogP contribution in [0.1, 0.15) is 101 Å². The molecule has 21 nitrogen and oxygen atoms in total. The maximum Gasteiger partial charge on any atom is 0.312 e. The van der Waals surface area contributed by atoms with Gasteiger partial charge in [-0.05, 0) is 87.7 Å². The van der Waals surface area contributed by atoms with Crippen LogP contribution in [0.25, 0.3) is 0 Å². The van der Waals surface area contributed by atoms with E-state index in [2.05, 4.69) is 26.0 Å². The molecule has 0 saturated carbocycles. The minimum Gasteiger partial charge on any atom is -0.379 e. The zero-order valence-electron chi connectivity index (χ0n) is 43.9. The third-order valence-electron chi connectivity index (χ3n) is 13.2. The molecule has 1 aromatic rings. The van der Waals surface area contributed by atoms with Crippen LogP contribution in [0.4, 0.5) is 10.5 Å². The number of nitrogens with one attached hydrogen (secondary N) is 5. The molecule has 1 aliphatic heterocycles. The summed E-state index contributed by atoms with van der Waals surface area (Å²) in [7, 11) is 3.77. The fourth-order valence-electron chi connectivity index (χ4n) is 9.00. The molecule has 0 aromatic heterocycles. The first-order chi connectivity index (χ1) is 32.6. The van der Waals surface area contributed by atoms with E-state index in [1.165, 1.54) is 45.4 Å². The molecular weight excluding hydrogens is 925 g/mol. The van der Waals surface area contributed by atoms with E-state index in [4.69, 9.17) is 20.9 Å². The lowest BCUT2D eigenvalue weighted by molar-refractivity contribution is -0.148. The Morgan fingerprint density at radius 1 is 0.829 bits per heavy atom. The summed E-state index contributed by atoms with van der Waals surface area (Å²) < 4.78 is 41.1. The summed E-state index contributed by atoms with van der Waals surface area (Å²) in [6, 6.07) is -0.0363. The summed E-state index contributed by atoms with van der Waals surface area (Å²) >= 11 is 0. The van der Waals surface area contributed by atoms with Crippen molar-refractivity contribution in [2.75, 3.05) is 53.8 Å². The van der Waals surface area contributed by atoms with Crippen LogP contribution in [-0.4, -0.2) is 162 Å². The van der Waals surface area contributed by atoms with Crippen molar-refractivity contribution in [3.8, 4) is 0 Å². The Bertz CT molecular complexity index is 2010. The normalized spacial score (nSPS) is 18.0. The van der Waals surface area contributed by atoms with Gasteiger partial charge in [0.1, 0.15) is 12.1 Å². The van der Waals surface area contributed by atoms with Gasteiger partial charge < -0.3 is 52.0 Å². The number of anilines is 1. The van der Waals surface area contributed by atoms with Crippen molar-refractivity contribution in [3.05, 3.63) is 24.3 Å². The topological polar surface area (TPSA) is 294 Å². The van der Waals surface area contributed by atoms with Crippen molar-refractivity contribution in [2.45, 2.75) is 154 Å². The molecule has 10 atom stereocenters. The maximum atomic E-state index is 14.3. The van der Waals surface area contributed by atoms with E-state index in [0.29, 0.717) is 32.2 Å². The van der Waals surface area contributed by atoms with E-state index in [-0.39, 0.29) is 71.4 Å². The van der Waals surface area contributed by atoms with Crippen LogP contribution in [0.5, 0.6) is 0 Å². The zero-order valence-corrected chi connectivity index (χ0v) is 44.7. The van der Waals surface area contributed by atoms with Crippen molar-refractivity contribution in [1.29, 1.82) is 0 Å². The van der Waals surface area contributed by atoms with Gasteiger partial charge in [-0.3, -0.25) is 33.7 Å². The van der Waals surface area contributed by atoms with E-state index in [0.717, 1.165) is 0 Å². The molecule has 0 aliphatic carbocycles. The van der Waals surface area contributed by atoms with Gasteiger partial charge in [-0.15, -0.1) is 0 Å². The lowest BCUT2D eigenvalue weighted by Crippen LogP contribution is -2.59. The molecule has 1 fully saturated rings. The first-order valence-electron chi connectivity index (χ1n) is 24.3. The number of likely N-dealkylation sites (N-methyl/N-ethyl adjacent to an activating group) is 2. The lowest BCUT2D eigenvalue weighted by Gasteiger charge is -2.41. The predicted octanol–water partition coefficient (Wildman–Crippen LogP) is 1.99. The number of carbonyl (C=O) groups excluding carboxylic acids is 7. The average molecular weight is 1010 g/mol. The zero-order chi connectivity index (χ0) is 53.4. The Hall–Kier alpha value is -4.90. The smallest absolute Gasteiger partial charge is 0.312 e. The molecule has 1 heterocycles. The van der Waals surface area contributed by atoms with E-state index in [1.807, 2.05) is 60.5 Å². The van der Waals surface area contributed by atoms with E-state index < -0.39 is 88.2 Å². The number of amides is 8. The fourth-order valence-corrected chi connectivity index (χ4v) is 10.1. The number of rotatable bonds is 28. The van der Waals surface area contributed by atoms with Crippen molar-refractivity contribution in [2.24, 2.45) is 41.1 Å². The van der Waals surface area contributed by atoms with Crippen molar-refractivity contribution < 1.29 is 51.5 Å². The van der Waals surface area contributed by atoms with Gasteiger partial charge in [0.05, 0.1) is 53.6 Å². The van der Waals surface area contributed by atoms with Crippen LogP contribution in [0, 0.1) is 29.6 Å². The van der Waals surface area contributed by atoms with E-state index >= 15 is 0 Å². The highest BCUT2D eigenvalue weighted by Crippen LogP contribution is 2.30. The second kappa shape index (κ2) is 28.2. The molecule has 1 aliphatic rings. The first-order valence-corrected chi connectivity index (χ1v) is 25.8. The molecular formula is C48H84N10O11S. The molecule has 9 N–H and O–H groups in total. The Kier molecular flexibility index (Phi) is 24.7. The number of urea groups is 1. The average Bonchev–Trinajstić information content (AvgIpc) is 3.77. The summed E-state index contributed by atoms with van der Waals surface area (Å²) in [6.45, 7) is 17.2. The van der Waals surface area contributed by atoms with Crippen LogP contribution in [0.15, 0.2) is 29.2 Å². The monoisotopic (exact) mass is 1010 g/mol. The number of hydrogen-bond acceptors (Lipinski definition) is 13. The van der Waals surface area contributed by atoms with Gasteiger partial charge in [-0.2, -0.15) is 0 Å². The highest BCUT2D eigenvalue weighted by atomic mass is 32.2. The Balaban J connectivity index is 2.25. The number of likely N-dealkylation sites (tertiary alicyclic amines) is 1. The minimum atomic E-state index is -4.44. The third kappa shape index (κ3) is 17.2. The number of nitrogens with two attached hydrogens (primary N) is 2. The standard InChI is InChI=1S/C48H84N10O11S/c1-15-30(8)41(57(12)47(64)39(28(4)5)54-46(63)40(29(6)7)56(10)11)36(68-13)26-37(59)58-25-17-19-35(58)42(69-14)31(9)43(60)55-70(66,67)33-22-20-32(21-23-33)52-44(61)34(18-16-24-51-48(50)65)53-45(62)38(49)27(2)3/h20-23,27-31,34-36,38-42H,15-19,24-26,49H2,1-14H3,(H,52,61)(H,53,62)(H,54,63)(H,55,60)(H3,50,51,65)/t30-,31-,34+,35?,36-,38+,39+,40+,41+,42-/m1/s1. The summed E-state index contributed by atoms with van der Waals surface area (Å²) in [5.74, 6) is -4.48. The Morgan fingerprint density at radius 3 is 1.94 bits per heavy atom. The quantitative estimate of drug-likeness (QED) is 0.0592. The van der Waals surface area contributed by atoms with Crippen LogP contribution in [0.2, 0.25) is 0 Å². The lowest BCUT2D eigenvalue weighted by atomic mass is 9.89. The summed E-state index contributed by atoms with van der Waals surface area (Å²) in [4.78, 5) is 97.8. The molecule has 22 heteroatoms. The van der Waals surface area contributed by atoms with Crippen molar-refractivity contribution in [1.82, 2.24) is 35.4 Å². The number of benzene rings is 1. The molecule has 2 rings (SSSR count). The molecule has 1 saturated heterocycles. The number of hydrogen-bond donors (Lipinski definition) is 7. The molecule has 1 aromatic carbocycles.